The summed E-state index contributed by atoms with van der Waals surface area (Å²) in [7, 11) is 0. The van der Waals surface area contributed by atoms with Crippen molar-refractivity contribution in [2.75, 3.05) is 5.32 Å². The van der Waals surface area contributed by atoms with Gasteiger partial charge < -0.3 is 5.32 Å². The summed E-state index contributed by atoms with van der Waals surface area (Å²) in [5.41, 5.74) is 5.18. The lowest BCUT2D eigenvalue weighted by atomic mass is 9.48. The van der Waals surface area contributed by atoms with E-state index in [1.165, 1.54) is 50.2 Å². The van der Waals surface area contributed by atoms with Crippen LogP contribution in [-0.2, 0) is 5.41 Å². The number of hydrogen-bond acceptors (Lipinski definition) is 1. The van der Waals surface area contributed by atoms with Crippen LogP contribution in [0.15, 0.2) is 48.6 Å². The average molecular weight is 434 g/mol. The minimum Gasteiger partial charge on any atom is -0.378 e. The molecule has 3 atom stereocenters. The van der Waals surface area contributed by atoms with Crippen LogP contribution in [0.5, 0.6) is 0 Å². The number of nitrogens with one attached hydrogen (secondary N) is 1. The Morgan fingerprint density at radius 1 is 0.968 bits per heavy atom. The summed E-state index contributed by atoms with van der Waals surface area (Å²) in [4.78, 5) is 0. The molecule has 6 aliphatic rings. The van der Waals surface area contributed by atoms with Gasteiger partial charge in [-0.15, -0.1) is 0 Å². The van der Waals surface area contributed by atoms with E-state index in [2.05, 4.69) is 35.7 Å². The molecule has 1 nitrogen and oxygen atoms in total. The van der Waals surface area contributed by atoms with Gasteiger partial charge in [0.1, 0.15) is 5.82 Å². The van der Waals surface area contributed by atoms with E-state index in [0.29, 0.717) is 27.8 Å². The molecule has 4 saturated carbocycles. The molecule has 1 heterocycles. The maximum Gasteiger partial charge on any atom is 0.129 e. The summed E-state index contributed by atoms with van der Waals surface area (Å²) >= 11 is 6.48. The van der Waals surface area contributed by atoms with Gasteiger partial charge in [-0.3, -0.25) is 0 Å². The molecule has 0 aromatic heterocycles. The third-order valence-electron chi connectivity index (χ3n) is 9.32. The highest BCUT2D eigenvalue weighted by Crippen LogP contribution is 2.61. The van der Waals surface area contributed by atoms with Crippen molar-refractivity contribution in [3.05, 3.63) is 76.1 Å². The molecule has 4 bridgehead atoms. The van der Waals surface area contributed by atoms with Gasteiger partial charge in [0.2, 0.25) is 0 Å². The molecule has 1 aliphatic heterocycles. The lowest BCUT2D eigenvalue weighted by Crippen LogP contribution is -2.48. The van der Waals surface area contributed by atoms with E-state index in [-0.39, 0.29) is 11.9 Å². The molecule has 0 spiro atoms. The van der Waals surface area contributed by atoms with Crippen LogP contribution in [0.25, 0.3) is 0 Å². The fraction of sp³-hybridized carbons (Fsp3) is 0.500. The fourth-order valence-corrected chi connectivity index (χ4v) is 8.76. The second kappa shape index (κ2) is 6.61. The SMILES string of the molecule is Fc1cccc(Cl)c1[C@@H]1Nc2ccc(C34CC5CC(CC(C5)C3)C4)cc2[C@@H]2C=CC[C@@H]21. The second-order valence-corrected chi connectivity index (χ2v) is 11.5. The van der Waals surface area contributed by atoms with Crippen molar-refractivity contribution < 1.29 is 4.39 Å². The van der Waals surface area contributed by atoms with Gasteiger partial charge in [-0.05, 0) is 103 Å². The predicted molar refractivity (Wildman–Crippen MR) is 124 cm³/mol. The second-order valence-electron chi connectivity index (χ2n) is 11.1. The first-order valence-electron chi connectivity index (χ1n) is 12.1. The summed E-state index contributed by atoms with van der Waals surface area (Å²) < 4.78 is 14.8. The van der Waals surface area contributed by atoms with Crippen LogP contribution in [0.3, 0.4) is 0 Å². The topological polar surface area (TPSA) is 12.0 Å². The number of rotatable bonds is 2. The monoisotopic (exact) mass is 433 g/mol. The Labute approximate surface area is 189 Å². The molecule has 3 heteroatoms. The normalized spacial score (nSPS) is 39.3. The van der Waals surface area contributed by atoms with Crippen LogP contribution in [0, 0.1) is 29.5 Å². The van der Waals surface area contributed by atoms with E-state index in [4.69, 9.17) is 11.6 Å². The maximum absolute atomic E-state index is 14.8. The molecule has 2 aromatic rings. The fourth-order valence-electron chi connectivity index (χ4n) is 8.48. The first-order chi connectivity index (χ1) is 15.1. The molecule has 0 radical (unpaired) electrons. The van der Waals surface area contributed by atoms with Gasteiger partial charge in [-0.25, -0.2) is 4.39 Å². The van der Waals surface area contributed by atoms with Crippen molar-refractivity contribution in [1.29, 1.82) is 0 Å². The molecule has 160 valence electrons. The molecule has 31 heavy (non-hydrogen) atoms. The van der Waals surface area contributed by atoms with Crippen LogP contribution < -0.4 is 5.32 Å². The maximum atomic E-state index is 14.8. The van der Waals surface area contributed by atoms with E-state index in [1.54, 1.807) is 11.6 Å². The van der Waals surface area contributed by atoms with Crippen molar-refractivity contribution in [3.63, 3.8) is 0 Å². The zero-order valence-corrected chi connectivity index (χ0v) is 18.5. The summed E-state index contributed by atoms with van der Waals surface area (Å²) in [5, 5.41) is 4.23. The molecular formula is C28H29ClFN. The van der Waals surface area contributed by atoms with Gasteiger partial charge in [0.05, 0.1) is 6.04 Å². The Balaban J connectivity index is 1.29. The minimum atomic E-state index is -0.204. The van der Waals surface area contributed by atoms with Crippen molar-refractivity contribution in [2.45, 2.75) is 62.3 Å². The van der Waals surface area contributed by atoms with Gasteiger partial charge in [-0.1, -0.05) is 42.0 Å². The first kappa shape index (κ1) is 18.7. The Morgan fingerprint density at radius 3 is 2.42 bits per heavy atom. The number of halogens is 2. The molecular weight excluding hydrogens is 405 g/mol. The van der Waals surface area contributed by atoms with Crippen LogP contribution in [0.1, 0.15) is 73.6 Å². The smallest absolute Gasteiger partial charge is 0.129 e. The van der Waals surface area contributed by atoms with Crippen LogP contribution >= 0.6 is 11.6 Å². The Kier molecular flexibility index (Phi) is 3.99. The Bertz CT molecular complexity index is 1030. The molecule has 8 rings (SSSR count). The average Bonchev–Trinajstić information content (AvgIpc) is 3.23. The number of anilines is 1. The zero-order chi connectivity index (χ0) is 20.7. The van der Waals surface area contributed by atoms with E-state index >= 15 is 0 Å². The Hall–Kier alpha value is -1.80. The lowest BCUT2D eigenvalue weighted by molar-refractivity contribution is -0.00523. The van der Waals surface area contributed by atoms with Crippen molar-refractivity contribution in [1.82, 2.24) is 0 Å². The van der Waals surface area contributed by atoms with Gasteiger partial charge in [0, 0.05) is 22.2 Å². The van der Waals surface area contributed by atoms with Crippen LogP contribution in [0.4, 0.5) is 10.1 Å². The van der Waals surface area contributed by atoms with E-state index in [0.717, 1.165) is 29.9 Å². The quantitative estimate of drug-likeness (QED) is 0.477. The first-order valence-corrected chi connectivity index (χ1v) is 12.5. The summed E-state index contributed by atoms with van der Waals surface area (Å²) in [5.74, 6) is 3.30. The molecule has 5 aliphatic carbocycles. The van der Waals surface area contributed by atoms with Gasteiger partial charge in [-0.2, -0.15) is 0 Å². The van der Waals surface area contributed by atoms with E-state index < -0.39 is 0 Å². The van der Waals surface area contributed by atoms with Gasteiger partial charge >= 0.3 is 0 Å². The molecule has 2 aromatic carbocycles. The summed E-state index contributed by atoms with van der Waals surface area (Å²) in [6, 6.07) is 12.1. The predicted octanol–water partition coefficient (Wildman–Crippen LogP) is 7.77. The zero-order valence-electron chi connectivity index (χ0n) is 17.8. The Morgan fingerprint density at radius 2 is 1.71 bits per heavy atom. The molecule has 0 amide bonds. The van der Waals surface area contributed by atoms with Crippen LogP contribution in [0.2, 0.25) is 5.02 Å². The van der Waals surface area contributed by atoms with Crippen molar-refractivity contribution in [2.24, 2.45) is 23.7 Å². The minimum absolute atomic E-state index is 0.0911. The van der Waals surface area contributed by atoms with Crippen LogP contribution in [-0.4, -0.2) is 0 Å². The largest absolute Gasteiger partial charge is 0.378 e. The summed E-state index contributed by atoms with van der Waals surface area (Å²) in [6.07, 6.45) is 14.2. The molecule has 0 unspecified atom stereocenters. The highest BCUT2D eigenvalue weighted by Gasteiger charge is 2.52. The molecule has 1 N–H and O–H groups in total. The number of fused-ring (bicyclic) bond motifs is 3. The van der Waals surface area contributed by atoms with Crippen molar-refractivity contribution in [3.8, 4) is 0 Å². The van der Waals surface area contributed by atoms with Crippen molar-refractivity contribution >= 4 is 17.3 Å². The third kappa shape index (κ3) is 2.73. The highest BCUT2D eigenvalue weighted by atomic mass is 35.5. The molecule has 4 fully saturated rings. The van der Waals surface area contributed by atoms with E-state index in [1.807, 2.05) is 6.07 Å². The third-order valence-corrected chi connectivity index (χ3v) is 9.65. The highest BCUT2D eigenvalue weighted by molar-refractivity contribution is 6.31. The van der Waals surface area contributed by atoms with E-state index in [9.17, 15) is 4.39 Å². The molecule has 0 saturated heterocycles. The summed E-state index contributed by atoms with van der Waals surface area (Å²) in [6.45, 7) is 0. The lowest BCUT2D eigenvalue weighted by Gasteiger charge is -2.57. The number of allylic oxidation sites excluding steroid dienone is 2. The number of hydrogen-bond donors (Lipinski definition) is 1. The number of benzene rings is 2. The van der Waals surface area contributed by atoms with Gasteiger partial charge in [0.15, 0.2) is 0 Å². The standard InChI is InChI=1S/C28H29ClFN/c29-23-5-2-6-24(30)26(23)27-21-4-1-3-20(21)22-12-19(7-8-25(22)31-27)28-13-16-9-17(14-28)11-18(10-16)15-28/h1-3,5-8,12,16-18,20-21,27,31H,4,9-11,13-15H2/t16?,17?,18?,20-,21+,27-,28?/m1/s1. The van der Waals surface area contributed by atoms with Gasteiger partial charge in [0.25, 0.3) is 0 Å².